The van der Waals surface area contributed by atoms with Crippen molar-refractivity contribution in [2.45, 2.75) is 39.0 Å². The predicted molar refractivity (Wildman–Crippen MR) is 94.0 cm³/mol. The van der Waals surface area contributed by atoms with E-state index in [0.717, 1.165) is 11.3 Å². The van der Waals surface area contributed by atoms with Crippen molar-refractivity contribution in [1.29, 1.82) is 0 Å². The van der Waals surface area contributed by atoms with Crippen LogP contribution in [0.5, 0.6) is 0 Å². The average molecular weight is 352 g/mol. The zero-order valence-electron chi connectivity index (χ0n) is 13.9. The second-order valence-corrected chi connectivity index (χ2v) is 8.59. The lowest BCUT2D eigenvalue weighted by Gasteiger charge is -2.13. The minimum Gasteiger partial charge on any atom is -0.378 e. The van der Waals surface area contributed by atoms with E-state index in [0.29, 0.717) is 23.2 Å². The summed E-state index contributed by atoms with van der Waals surface area (Å²) < 4.78 is 25.4. The smallest absolute Gasteiger partial charge is 0.173 e. The molecular formula is C15H20N4O2S2. The topological polar surface area (TPSA) is 77.3 Å². The van der Waals surface area contributed by atoms with E-state index in [-0.39, 0.29) is 0 Å². The molecule has 0 aliphatic heterocycles. The van der Waals surface area contributed by atoms with E-state index in [9.17, 15) is 4.21 Å². The fraction of sp³-hybridized carbons (Fsp3) is 0.467. The fourth-order valence-corrected chi connectivity index (χ4v) is 2.92. The molecular weight excluding hydrogens is 332 g/mol. The average Bonchev–Trinajstić information content (AvgIpc) is 2.97. The number of nitrogens with zero attached hydrogens (tertiary/aromatic N) is 4. The summed E-state index contributed by atoms with van der Waals surface area (Å²) in [5.74, 6) is 0.612. The summed E-state index contributed by atoms with van der Waals surface area (Å²) in [6, 6.07) is 3.75. The lowest BCUT2D eigenvalue weighted by Crippen LogP contribution is -2.20. The molecule has 6 nitrogen and oxygen atoms in total. The van der Waals surface area contributed by atoms with Gasteiger partial charge in [-0.15, -0.1) is 0 Å². The van der Waals surface area contributed by atoms with Gasteiger partial charge in [0.1, 0.15) is 11.0 Å². The Hall–Kier alpha value is -1.51. The molecule has 124 valence electrons. The van der Waals surface area contributed by atoms with Crippen molar-refractivity contribution >= 4 is 28.2 Å². The van der Waals surface area contributed by atoms with E-state index in [1.807, 2.05) is 32.9 Å². The summed E-state index contributed by atoms with van der Waals surface area (Å²) in [6.07, 6.45) is 1.71. The summed E-state index contributed by atoms with van der Waals surface area (Å²) in [7, 11) is 0.319. The maximum atomic E-state index is 12.1. The lowest BCUT2D eigenvalue weighted by molar-refractivity contribution is 0.181. The highest BCUT2D eigenvalue weighted by Gasteiger charge is 2.20. The zero-order valence-corrected chi connectivity index (χ0v) is 15.5. The second-order valence-electron chi connectivity index (χ2n) is 5.93. The van der Waals surface area contributed by atoms with Gasteiger partial charge in [0.05, 0.1) is 22.8 Å². The third-order valence-corrected chi connectivity index (χ3v) is 5.16. The highest BCUT2D eigenvalue weighted by molar-refractivity contribution is 7.85. The molecule has 2 rings (SSSR count). The Balaban J connectivity index is 2.25. The van der Waals surface area contributed by atoms with Gasteiger partial charge in [0.25, 0.3) is 0 Å². The fourth-order valence-electron chi connectivity index (χ4n) is 1.63. The molecule has 2 heterocycles. The summed E-state index contributed by atoms with van der Waals surface area (Å²) in [5, 5.41) is 0.669. The predicted octanol–water partition coefficient (Wildman–Crippen LogP) is 3.02. The molecule has 0 saturated carbocycles. The molecule has 1 atom stereocenters. The molecule has 0 bridgehead atoms. The van der Waals surface area contributed by atoms with Crippen molar-refractivity contribution in [2.24, 2.45) is 4.40 Å². The van der Waals surface area contributed by atoms with Crippen LogP contribution in [0.4, 0.5) is 0 Å². The van der Waals surface area contributed by atoms with Crippen LogP contribution < -0.4 is 0 Å². The van der Waals surface area contributed by atoms with Gasteiger partial charge in [0.2, 0.25) is 0 Å². The first-order valence-electron chi connectivity index (χ1n) is 7.07. The molecule has 0 radical (unpaired) electrons. The van der Waals surface area contributed by atoms with Crippen LogP contribution in [0.25, 0.3) is 11.4 Å². The number of ether oxygens (including phenoxy) is 1. The first-order valence-corrected chi connectivity index (χ1v) is 8.95. The molecule has 8 heteroatoms. The largest absolute Gasteiger partial charge is 0.378 e. The normalized spacial score (nSPS) is 14.0. The van der Waals surface area contributed by atoms with Gasteiger partial charge >= 0.3 is 0 Å². The minimum atomic E-state index is -1.31. The van der Waals surface area contributed by atoms with Gasteiger partial charge in [-0.05, 0) is 51.4 Å². The summed E-state index contributed by atoms with van der Waals surface area (Å²) >= 11 is 1.25. The molecule has 2 aromatic rings. The summed E-state index contributed by atoms with van der Waals surface area (Å²) in [4.78, 5) is 8.71. The van der Waals surface area contributed by atoms with Gasteiger partial charge in [0, 0.05) is 18.9 Å². The van der Waals surface area contributed by atoms with E-state index >= 15 is 0 Å². The highest BCUT2D eigenvalue weighted by Crippen LogP contribution is 2.20. The number of hydrogen-bond acceptors (Lipinski definition) is 6. The van der Waals surface area contributed by atoms with Crippen LogP contribution in [0.15, 0.2) is 22.7 Å². The lowest BCUT2D eigenvalue weighted by atomic mass is 10.2. The number of hydrogen-bond donors (Lipinski definition) is 0. The third kappa shape index (κ3) is 4.73. The van der Waals surface area contributed by atoms with Crippen LogP contribution in [0.1, 0.15) is 38.4 Å². The Labute approximate surface area is 142 Å². The van der Waals surface area contributed by atoms with Crippen molar-refractivity contribution in [3.8, 4) is 11.4 Å². The summed E-state index contributed by atoms with van der Waals surface area (Å²) in [5.41, 5.74) is 2.33. The maximum Gasteiger partial charge on any atom is 0.173 e. The molecule has 23 heavy (non-hydrogen) atoms. The van der Waals surface area contributed by atoms with E-state index in [4.69, 9.17) is 4.74 Å². The molecule has 0 spiro atoms. The number of pyridine rings is 1. The molecule has 0 aliphatic rings. The molecule has 0 N–H and O–H groups in total. The molecule has 0 fully saturated rings. The third-order valence-electron chi connectivity index (χ3n) is 2.85. The van der Waals surface area contributed by atoms with Crippen molar-refractivity contribution in [3.63, 3.8) is 0 Å². The quantitative estimate of drug-likeness (QED) is 0.773. The van der Waals surface area contributed by atoms with Crippen molar-refractivity contribution in [2.75, 3.05) is 7.11 Å². The Bertz CT molecular complexity index is 735. The minimum absolute atomic E-state index is 0.394. The summed E-state index contributed by atoms with van der Waals surface area (Å²) in [6.45, 7) is 7.91. The van der Waals surface area contributed by atoms with Crippen LogP contribution in [-0.4, -0.2) is 36.1 Å². The van der Waals surface area contributed by atoms with Crippen LogP contribution in [-0.2, 0) is 22.3 Å². The SMILES string of the molecule is COCc1cc(-c2nsc(C(C)=N[S@](=O)C(C)(C)C)n2)ccn1. The Kier molecular flexibility index (Phi) is 5.72. The van der Waals surface area contributed by atoms with Gasteiger partial charge < -0.3 is 4.74 Å². The zero-order chi connectivity index (χ0) is 17.0. The van der Waals surface area contributed by atoms with Gasteiger partial charge in [-0.1, -0.05) is 0 Å². The van der Waals surface area contributed by atoms with E-state index in [1.54, 1.807) is 20.2 Å². The van der Waals surface area contributed by atoms with Crippen molar-refractivity contribution in [3.05, 3.63) is 29.0 Å². The Morgan fingerprint density at radius 2 is 2.17 bits per heavy atom. The van der Waals surface area contributed by atoms with Crippen LogP contribution in [0.2, 0.25) is 0 Å². The molecule has 0 aliphatic carbocycles. The Morgan fingerprint density at radius 1 is 1.43 bits per heavy atom. The second kappa shape index (κ2) is 7.37. The highest BCUT2D eigenvalue weighted by atomic mass is 32.2. The first-order chi connectivity index (χ1) is 10.8. The van der Waals surface area contributed by atoms with Gasteiger partial charge in [0.15, 0.2) is 10.8 Å². The first kappa shape index (κ1) is 17.8. The maximum absolute atomic E-state index is 12.1. The molecule has 0 saturated heterocycles. The van der Waals surface area contributed by atoms with Gasteiger partial charge in [-0.25, -0.2) is 9.19 Å². The number of aromatic nitrogens is 3. The molecule has 2 aromatic heterocycles. The van der Waals surface area contributed by atoms with Crippen molar-refractivity contribution < 1.29 is 8.95 Å². The number of rotatable bonds is 5. The number of methoxy groups -OCH3 is 1. The van der Waals surface area contributed by atoms with E-state index in [2.05, 4.69) is 18.7 Å². The van der Waals surface area contributed by atoms with Crippen LogP contribution >= 0.6 is 11.5 Å². The standard InChI is InChI=1S/C15H20N4O2S2/c1-10(19-23(20)15(2,3)4)14-17-13(18-22-14)11-6-7-16-12(8-11)9-21-5/h6-8H,9H2,1-5H3/t23-/m1/s1. The van der Waals surface area contributed by atoms with Gasteiger partial charge in [-0.2, -0.15) is 8.77 Å². The van der Waals surface area contributed by atoms with Crippen molar-refractivity contribution in [1.82, 2.24) is 14.3 Å². The van der Waals surface area contributed by atoms with E-state index < -0.39 is 15.7 Å². The van der Waals surface area contributed by atoms with Gasteiger partial charge in [-0.3, -0.25) is 4.98 Å². The monoisotopic (exact) mass is 352 g/mol. The molecule has 0 unspecified atom stereocenters. The molecule has 0 amide bonds. The molecule has 0 aromatic carbocycles. The van der Waals surface area contributed by atoms with Crippen LogP contribution in [0, 0.1) is 0 Å². The van der Waals surface area contributed by atoms with Crippen LogP contribution in [0.3, 0.4) is 0 Å². The van der Waals surface area contributed by atoms with E-state index in [1.165, 1.54) is 11.5 Å². The Morgan fingerprint density at radius 3 is 2.83 bits per heavy atom.